The van der Waals surface area contributed by atoms with Crippen molar-refractivity contribution in [2.45, 2.75) is 39.3 Å². The van der Waals surface area contributed by atoms with E-state index in [9.17, 15) is 9.59 Å². The van der Waals surface area contributed by atoms with Crippen LogP contribution in [0.5, 0.6) is 0 Å². The Morgan fingerprint density at radius 1 is 1.44 bits per heavy atom. The maximum atomic E-state index is 12.4. The third kappa shape index (κ3) is 4.04. The molecule has 7 heteroatoms. The minimum Gasteiger partial charge on any atom is -0.350 e. The number of aromatic nitrogens is 2. The molecule has 2 amide bonds. The van der Waals surface area contributed by atoms with Gasteiger partial charge in [0, 0.05) is 41.8 Å². The zero-order valence-corrected chi connectivity index (χ0v) is 15.5. The first-order valence-corrected chi connectivity index (χ1v) is 9.15. The van der Waals surface area contributed by atoms with Gasteiger partial charge in [-0.25, -0.2) is 4.98 Å². The lowest BCUT2D eigenvalue weighted by molar-refractivity contribution is -0.132. The Morgan fingerprint density at radius 2 is 2.24 bits per heavy atom. The standard InChI is InChI=1S/C18H22N4O2S/c1-18(2,3)22-10-13(7-15(22)23)16(24)20-9-14-11-25-17(21-14)12-5-4-6-19-8-12/h4-6,8,11,13H,7,9-10H2,1-3H3,(H,20,24). The molecule has 6 nitrogen and oxygen atoms in total. The Balaban J connectivity index is 1.57. The van der Waals surface area contributed by atoms with Crippen LogP contribution in [0.2, 0.25) is 0 Å². The Morgan fingerprint density at radius 3 is 2.88 bits per heavy atom. The minimum atomic E-state index is -0.289. The second-order valence-corrected chi connectivity index (χ2v) is 8.04. The fourth-order valence-electron chi connectivity index (χ4n) is 2.86. The quantitative estimate of drug-likeness (QED) is 0.911. The molecule has 1 N–H and O–H groups in total. The van der Waals surface area contributed by atoms with Crippen molar-refractivity contribution in [1.29, 1.82) is 0 Å². The molecule has 0 radical (unpaired) electrons. The minimum absolute atomic E-state index is 0.0418. The fourth-order valence-corrected chi connectivity index (χ4v) is 3.67. The van der Waals surface area contributed by atoms with Gasteiger partial charge in [-0.05, 0) is 32.9 Å². The first-order chi connectivity index (χ1) is 11.8. The summed E-state index contributed by atoms with van der Waals surface area (Å²) in [6, 6.07) is 3.83. The van der Waals surface area contributed by atoms with Crippen molar-refractivity contribution < 1.29 is 9.59 Å². The van der Waals surface area contributed by atoms with Crippen LogP contribution >= 0.6 is 11.3 Å². The zero-order valence-electron chi connectivity index (χ0n) is 14.7. The predicted molar refractivity (Wildman–Crippen MR) is 96.8 cm³/mol. The number of hydrogen-bond acceptors (Lipinski definition) is 5. The van der Waals surface area contributed by atoms with Crippen LogP contribution in [0.25, 0.3) is 10.6 Å². The van der Waals surface area contributed by atoms with Crippen molar-refractivity contribution in [1.82, 2.24) is 20.2 Å². The molecule has 1 unspecified atom stereocenters. The van der Waals surface area contributed by atoms with Gasteiger partial charge in [0.2, 0.25) is 11.8 Å². The molecule has 132 valence electrons. The monoisotopic (exact) mass is 358 g/mol. The van der Waals surface area contributed by atoms with Crippen LogP contribution in [-0.4, -0.2) is 38.8 Å². The molecule has 0 spiro atoms. The number of rotatable bonds is 4. The third-order valence-corrected chi connectivity index (χ3v) is 5.15. The number of nitrogens with zero attached hydrogens (tertiary/aromatic N) is 3. The van der Waals surface area contributed by atoms with E-state index in [-0.39, 0.29) is 29.7 Å². The lowest BCUT2D eigenvalue weighted by Gasteiger charge is -2.31. The first kappa shape index (κ1) is 17.5. The normalized spacial score (nSPS) is 17.8. The van der Waals surface area contributed by atoms with Gasteiger partial charge in [-0.2, -0.15) is 0 Å². The lowest BCUT2D eigenvalue weighted by Crippen LogP contribution is -2.43. The van der Waals surface area contributed by atoms with Crippen molar-refractivity contribution >= 4 is 23.2 Å². The van der Waals surface area contributed by atoms with Crippen LogP contribution in [0.1, 0.15) is 32.9 Å². The van der Waals surface area contributed by atoms with Gasteiger partial charge in [0.1, 0.15) is 5.01 Å². The molecule has 25 heavy (non-hydrogen) atoms. The Bertz CT molecular complexity index is 767. The predicted octanol–water partition coefficient (Wildman–Crippen LogP) is 2.47. The molecule has 1 aliphatic heterocycles. The van der Waals surface area contributed by atoms with E-state index in [1.165, 1.54) is 11.3 Å². The largest absolute Gasteiger partial charge is 0.350 e. The summed E-state index contributed by atoms with van der Waals surface area (Å²) in [7, 11) is 0. The summed E-state index contributed by atoms with van der Waals surface area (Å²) in [6.07, 6.45) is 3.77. The highest BCUT2D eigenvalue weighted by molar-refractivity contribution is 7.13. The Hall–Kier alpha value is -2.28. The molecule has 1 saturated heterocycles. The number of hydrogen-bond donors (Lipinski definition) is 1. The molecule has 0 bridgehead atoms. The van der Waals surface area contributed by atoms with E-state index in [0.717, 1.165) is 16.3 Å². The summed E-state index contributed by atoms with van der Waals surface area (Å²) in [6.45, 7) is 6.81. The second-order valence-electron chi connectivity index (χ2n) is 7.18. The van der Waals surface area contributed by atoms with Gasteiger partial charge in [0.05, 0.1) is 18.2 Å². The van der Waals surface area contributed by atoms with E-state index in [4.69, 9.17) is 0 Å². The molecule has 1 aliphatic rings. The van der Waals surface area contributed by atoms with Crippen LogP contribution in [0.15, 0.2) is 29.9 Å². The lowest BCUT2D eigenvalue weighted by atomic mass is 10.1. The summed E-state index contributed by atoms with van der Waals surface area (Å²) in [4.78, 5) is 34.9. The summed E-state index contributed by atoms with van der Waals surface area (Å²) in [5.74, 6) is -0.334. The molecule has 3 heterocycles. The maximum absolute atomic E-state index is 12.4. The summed E-state index contributed by atoms with van der Waals surface area (Å²) in [5.41, 5.74) is 1.53. The van der Waals surface area contributed by atoms with Crippen molar-refractivity contribution in [3.8, 4) is 10.6 Å². The molecule has 3 rings (SSSR count). The smallest absolute Gasteiger partial charge is 0.225 e. The average molecular weight is 358 g/mol. The van der Waals surface area contributed by atoms with Crippen LogP contribution in [-0.2, 0) is 16.1 Å². The molecule has 2 aromatic rings. The third-order valence-electron chi connectivity index (χ3n) is 4.21. The average Bonchev–Trinajstić information content (AvgIpc) is 3.20. The molecule has 1 atom stereocenters. The van der Waals surface area contributed by atoms with E-state index in [0.29, 0.717) is 13.1 Å². The van der Waals surface area contributed by atoms with Crippen molar-refractivity contribution in [3.63, 3.8) is 0 Å². The van der Waals surface area contributed by atoms with E-state index in [2.05, 4.69) is 15.3 Å². The van der Waals surface area contributed by atoms with Gasteiger partial charge in [-0.1, -0.05) is 0 Å². The molecule has 0 aromatic carbocycles. The number of carbonyl (C=O) groups is 2. The van der Waals surface area contributed by atoms with Crippen LogP contribution < -0.4 is 5.32 Å². The van der Waals surface area contributed by atoms with Crippen LogP contribution in [0.3, 0.4) is 0 Å². The van der Waals surface area contributed by atoms with Crippen molar-refractivity contribution in [2.75, 3.05) is 6.54 Å². The Kier molecular flexibility index (Phi) is 4.85. The van der Waals surface area contributed by atoms with Crippen molar-refractivity contribution in [3.05, 3.63) is 35.6 Å². The fraction of sp³-hybridized carbons (Fsp3) is 0.444. The molecule has 1 fully saturated rings. The van der Waals surface area contributed by atoms with Gasteiger partial charge in [-0.15, -0.1) is 11.3 Å². The van der Waals surface area contributed by atoms with E-state index < -0.39 is 0 Å². The first-order valence-electron chi connectivity index (χ1n) is 8.27. The van der Waals surface area contributed by atoms with Crippen molar-refractivity contribution in [2.24, 2.45) is 5.92 Å². The Labute approximate surface area is 151 Å². The van der Waals surface area contributed by atoms with Crippen LogP contribution in [0.4, 0.5) is 0 Å². The molecular weight excluding hydrogens is 336 g/mol. The highest BCUT2D eigenvalue weighted by Gasteiger charge is 2.39. The second kappa shape index (κ2) is 6.92. The maximum Gasteiger partial charge on any atom is 0.225 e. The zero-order chi connectivity index (χ0) is 18.0. The SMILES string of the molecule is CC(C)(C)N1CC(C(=O)NCc2csc(-c3cccnc3)n2)CC1=O. The highest BCUT2D eigenvalue weighted by atomic mass is 32.1. The number of likely N-dealkylation sites (tertiary alicyclic amines) is 1. The van der Waals surface area contributed by atoms with Gasteiger partial charge in [0.25, 0.3) is 0 Å². The summed E-state index contributed by atoms with van der Waals surface area (Å²) < 4.78 is 0. The number of amides is 2. The molecule has 0 aliphatic carbocycles. The highest BCUT2D eigenvalue weighted by Crippen LogP contribution is 2.26. The number of nitrogens with one attached hydrogen (secondary N) is 1. The van der Waals surface area contributed by atoms with Gasteiger partial charge in [-0.3, -0.25) is 14.6 Å². The number of pyridine rings is 1. The van der Waals surface area contributed by atoms with Gasteiger partial charge < -0.3 is 10.2 Å². The topological polar surface area (TPSA) is 75.2 Å². The number of carbonyl (C=O) groups excluding carboxylic acids is 2. The van der Waals surface area contributed by atoms with E-state index in [1.807, 2.05) is 38.3 Å². The molecular formula is C18H22N4O2S. The summed E-state index contributed by atoms with van der Waals surface area (Å²) in [5, 5.41) is 5.73. The van der Waals surface area contributed by atoms with Gasteiger partial charge >= 0.3 is 0 Å². The van der Waals surface area contributed by atoms with E-state index >= 15 is 0 Å². The van der Waals surface area contributed by atoms with Gasteiger partial charge in [0.15, 0.2) is 0 Å². The number of thiazole rings is 1. The molecule has 0 saturated carbocycles. The molecule has 2 aromatic heterocycles. The summed E-state index contributed by atoms with van der Waals surface area (Å²) >= 11 is 1.53. The van der Waals surface area contributed by atoms with Crippen LogP contribution in [0, 0.1) is 5.92 Å². The van der Waals surface area contributed by atoms with E-state index in [1.54, 1.807) is 17.3 Å².